The predicted molar refractivity (Wildman–Crippen MR) is 158 cm³/mol. The van der Waals surface area contributed by atoms with E-state index in [9.17, 15) is 28.8 Å². The van der Waals surface area contributed by atoms with Crippen LogP contribution in [0.5, 0.6) is 0 Å². The van der Waals surface area contributed by atoms with Crippen LogP contribution in [0.25, 0.3) is 0 Å². The number of hydrogen-bond acceptors (Lipinski definition) is 9. The Morgan fingerprint density at radius 1 is 0.684 bits per heavy atom. The summed E-state index contributed by atoms with van der Waals surface area (Å²) in [6, 6.07) is 0. The van der Waals surface area contributed by atoms with Crippen LogP contribution in [-0.2, 0) is 28.8 Å². The number of hydroxylamine groups is 2. The van der Waals surface area contributed by atoms with Gasteiger partial charge in [-0.3, -0.25) is 28.8 Å². The number of nitrogens with zero attached hydrogens (tertiary/aromatic N) is 2. The Bertz CT molecular complexity index is 699. The van der Waals surface area contributed by atoms with Gasteiger partial charge in [-0.1, -0.05) is 34.6 Å². The van der Waals surface area contributed by atoms with Gasteiger partial charge in [0.2, 0.25) is 35.4 Å². The van der Waals surface area contributed by atoms with Crippen molar-refractivity contribution in [2.45, 2.75) is 48.0 Å². The molecule has 0 aliphatic heterocycles. The van der Waals surface area contributed by atoms with Crippen LogP contribution in [0.1, 0.15) is 56.5 Å². The lowest BCUT2D eigenvalue weighted by Crippen LogP contribution is -2.46. The first-order valence-electron chi connectivity index (χ1n) is 12.6. The van der Waals surface area contributed by atoms with Gasteiger partial charge in [0.1, 0.15) is 0 Å². The number of nitrogens with one attached hydrogen (secondary N) is 5. The Kier molecular flexibility index (Phi) is 32.9. The minimum atomic E-state index is -0.641. The molecule has 0 saturated heterocycles. The van der Waals surface area contributed by atoms with Crippen molar-refractivity contribution in [2.24, 2.45) is 5.73 Å². The minimum Gasteiger partial charge on any atom is -0.347 e. The highest BCUT2D eigenvalue weighted by Crippen LogP contribution is 1.85. The summed E-state index contributed by atoms with van der Waals surface area (Å²) in [6.45, 7) is 10.9. The van der Waals surface area contributed by atoms with Gasteiger partial charge < -0.3 is 42.4 Å². The summed E-state index contributed by atoms with van der Waals surface area (Å²) in [6.07, 6.45) is 1.10. The smallest absolute Gasteiger partial charge is 0.241 e. The molecule has 15 heteroatoms. The summed E-state index contributed by atoms with van der Waals surface area (Å²) in [5.41, 5.74) is 5.03. The van der Waals surface area contributed by atoms with Crippen LogP contribution >= 0.6 is 0 Å². The Morgan fingerprint density at radius 2 is 1.00 bits per heavy atom. The highest BCUT2D eigenvalue weighted by molar-refractivity contribution is 5.91. The van der Waals surface area contributed by atoms with E-state index in [2.05, 4.69) is 33.5 Å². The van der Waals surface area contributed by atoms with Crippen LogP contribution in [0.2, 0.25) is 0 Å². The molecule has 0 fully saturated rings. The maximum absolute atomic E-state index is 11.8. The number of hydrogen-bond donors (Lipinski definition) is 7. The van der Waals surface area contributed by atoms with Gasteiger partial charge in [-0.05, 0) is 13.0 Å². The zero-order valence-electron chi connectivity index (χ0n) is 24.2. The molecule has 0 saturated carbocycles. The lowest BCUT2D eigenvalue weighted by Gasteiger charge is -2.19. The molecule has 0 aliphatic rings. The van der Waals surface area contributed by atoms with Crippen LogP contribution < -0.4 is 32.3 Å². The molecule has 6 amide bonds. The molecule has 0 bridgehead atoms. The second-order valence-electron chi connectivity index (χ2n) is 7.00. The molecule has 0 aliphatic carbocycles. The van der Waals surface area contributed by atoms with E-state index >= 15 is 0 Å². The van der Waals surface area contributed by atoms with Crippen LogP contribution in [0.4, 0.5) is 0 Å². The summed E-state index contributed by atoms with van der Waals surface area (Å²) in [7, 11) is 2.96. The summed E-state index contributed by atoms with van der Waals surface area (Å²) in [4.78, 5) is 69.9. The molecule has 15 nitrogen and oxygen atoms in total. The quantitative estimate of drug-likeness (QED) is 0.132. The third-order valence-corrected chi connectivity index (χ3v) is 3.75. The van der Waals surface area contributed by atoms with Crippen LogP contribution in [-0.4, -0.2) is 117 Å². The fourth-order valence-electron chi connectivity index (χ4n) is 1.72. The van der Waals surface area contributed by atoms with E-state index in [0.717, 1.165) is 18.0 Å². The molecule has 0 spiro atoms. The molecule has 38 heavy (non-hydrogen) atoms. The lowest BCUT2D eigenvalue weighted by molar-refractivity contribution is -0.133. The van der Waals surface area contributed by atoms with Crippen molar-refractivity contribution in [2.75, 3.05) is 66.5 Å². The molecule has 0 rings (SSSR count). The van der Waals surface area contributed by atoms with Crippen molar-refractivity contribution in [1.82, 2.24) is 36.5 Å². The fraction of sp³-hybridized carbons (Fsp3) is 0.739. The van der Waals surface area contributed by atoms with E-state index in [1.807, 2.05) is 27.7 Å². The van der Waals surface area contributed by atoms with Gasteiger partial charge in [-0.2, -0.15) is 5.06 Å². The van der Waals surface area contributed by atoms with Crippen LogP contribution in [0.3, 0.4) is 0 Å². The van der Waals surface area contributed by atoms with E-state index in [4.69, 9.17) is 10.9 Å². The minimum absolute atomic E-state index is 0. The number of amides is 6. The average Bonchev–Trinajstić information content (AvgIpc) is 2.92. The van der Waals surface area contributed by atoms with E-state index in [1.165, 1.54) is 25.9 Å². The number of nitrogens with two attached hydrogens (primary N) is 1. The molecule has 0 aromatic rings. The Labute approximate surface area is 235 Å². The van der Waals surface area contributed by atoms with Gasteiger partial charge in [0.25, 0.3) is 0 Å². The third-order valence-electron chi connectivity index (χ3n) is 3.75. The molecule has 8 N–H and O–H groups in total. The van der Waals surface area contributed by atoms with Gasteiger partial charge in [-0.25, -0.2) is 0 Å². The van der Waals surface area contributed by atoms with Crippen molar-refractivity contribution in [3.63, 3.8) is 0 Å². The SMILES string of the molecule is CC.CC.CC(=O)NCC(=O)NCC(=O)NCC(=O)NCC(=O)NCC(=O)N(C)CCN(C)O.CCCN.[HH].[HH].[HH].[HH].[HH].[HH]. The molecular formula is C23H62N8O7. The molecule has 0 heterocycles. The summed E-state index contributed by atoms with van der Waals surface area (Å²) in [5, 5.41) is 21.3. The molecule has 0 radical (unpaired) electrons. The summed E-state index contributed by atoms with van der Waals surface area (Å²) < 4.78 is 0. The standard InChI is InChI=1S/C16H29N7O7.C3H9N.2C2H6.6H2/c1-11(24)17-6-12(25)18-7-13(26)19-8-14(27)20-9-15(28)21-10-16(29)22(2)4-5-23(3)30;1-2-3-4;2*1-2;;;;;;/h30H,4-10H2,1-3H3,(H,17,24)(H,18,25)(H,19,26)(H,20,27)(H,21,28);2-4H2,1H3;2*1-2H3;6*1H. The van der Waals surface area contributed by atoms with Crippen molar-refractivity contribution in [3.8, 4) is 0 Å². The Morgan fingerprint density at radius 3 is 1.29 bits per heavy atom. The molecule has 0 unspecified atom stereocenters. The maximum Gasteiger partial charge on any atom is 0.241 e. The molecule has 0 atom stereocenters. The van der Waals surface area contributed by atoms with Crippen molar-refractivity contribution < 1.29 is 42.5 Å². The average molecular weight is 563 g/mol. The highest BCUT2D eigenvalue weighted by atomic mass is 16.5. The predicted octanol–water partition coefficient (Wildman–Crippen LogP) is -0.750. The topological polar surface area (TPSA) is 215 Å². The van der Waals surface area contributed by atoms with Crippen molar-refractivity contribution in [3.05, 3.63) is 0 Å². The first-order chi connectivity index (χ1) is 17.9. The second kappa shape index (κ2) is 29.9. The zero-order chi connectivity index (χ0) is 30.5. The van der Waals surface area contributed by atoms with E-state index in [-0.39, 0.29) is 53.1 Å². The molecule has 0 aromatic heterocycles. The Hall–Kier alpha value is -3.30. The highest BCUT2D eigenvalue weighted by Gasteiger charge is 2.12. The molecule has 0 aromatic carbocycles. The van der Waals surface area contributed by atoms with Crippen molar-refractivity contribution in [1.29, 1.82) is 0 Å². The van der Waals surface area contributed by atoms with Gasteiger partial charge in [0, 0.05) is 42.7 Å². The van der Waals surface area contributed by atoms with Crippen LogP contribution in [0, 0.1) is 0 Å². The number of carbonyl (C=O) groups excluding carboxylic acids is 6. The summed E-state index contributed by atoms with van der Waals surface area (Å²) in [5.74, 6) is -3.19. The van der Waals surface area contributed by atoms with Gasteiger partial charge >= 0.3 is 0 Å². The van der Waals surface area contributed by atoms with E-state index in [1.54, 1.807) is 0 Å². The monoisotopic (exact) mass is 562 g/mol. The first-order valence-corrected chi connectivity index (χ1v) is 12.6. The van der Waals surface area contributed by atoms with Gasteiger partial charge in [0.05, 0.1) is 32.7 Å². The third kappa shape index (κ3) is 32.7. The maximum atomic E-state index is 11.8. The lowest BCUT2D eigenvalue weighted by atomic mass is 10.4. The van der Waals surface area contributed by atoms with Gasteiger partial charge in [-0.15, -0.1) is 0 Å². The summed E-state index contributed by atoms with van der Waals surface area (Å²) >= 11 is 0. The molecule has 236 valence electrons. The van der Waals surface area contributed by atoms with Crippen LogP contribution in [0.15, 0.2) is 0 Å². The number of rotatable bonds is 14. The number of carbonyl (C=O) groups is 6. The van der Waals surface area contributed by atoms with Crippen molar-refractivity contribution >= 4 is 35.4 Å². The Balaban J connectivity index is -0.0000000932. The number of likely N-dealkylation sites (N-methyl/N-ethyl adjacent to an activating group) is 2. The van der Waals surface area contributed by atoms with Gasteiger partial charge in [0.15, 0.2) is 0 Å². The largest absolute Gasteiger partial charge is 0.347 e. The zero-order valence-corrected chi connectivity index (χ0v) is 24.2. The normalized spacial score (nSPS) is 9.03. The fourth-order valence-corrected chi connectivity index (χ4v) is 1.72. The first kappa shape index (κ1) is 41.8. The van der Waals surface area contributed by atoms with E-state index in [0.29, 0.717) is 0 Å². The molecular weight excluding hydrogens is 500 g/mol. The second-order valence-corrected chi connectivity index (χ2v) is 7.00. The van der Waals surface area contributed by atoms with E-state index < -0.39 is 36.7 Å².